The minimum Gasteiger partial charge on any atom is -0.375 e. The van der Waals surface area contributed by atoms with Gasteiger partial charge in [-0.05, 0) is 18.6 Å². The molecule has 1 unspecified atom stereocenters. The molecule has 2 nitrogen and oxygen atoms in total. The van der Waals surface area contributed by atoms with Crippen LogP contribution in [0.4, 0.5) is 18.9 Å². The fraction of sp³-hybridized carbons (Fsp3) is 0.231. The van der Waals surface area contributed by atoms with Crippen LogP contribution in [0.5, 0.6) is 0 Å². The molecule has 0 amide bonds. The molecule has 0 bridgehead atoms. The van der Waals surface area contributed by atoms with Gasteiger partial charge in [-0.3, -0.25) is 0 Å². The summed E-state index contributed by atoms with van der Waals surface area (Å²) in [4.78, 5) is 0. The zero-order valence-electron chi connectivity index (χ0n) is 9.67. The molecular formula is C13H11F3N2. The maximum atomic E-state index is 13.9. The number of aromatic nitrogens is 1. The molecule has 0 saturated carbocycles. The lowest BCUT2D eigenvalue weighted by Gasteiger charge is -2.29. The Labute approximate surface area is 102 Å². The van der Waals surface area contributed by atoms with Crippen LogP contribution in [-0.4, -0.2) is 4.57 Å². The number of nitrogens with one attached hydrogen (secondary N) is 1. The summed E-state index contributed by atoms with van der Waals surface area (Å²) in [6.45, 7) is 1.97. The highest BCUT2D eigenvalue weighted by Gasteiger charge is 2.28. The van der Waals surface area contributed by atoms with Crippen LogP contribution in [-0.2, 0) is 0 Å². The Balaban J connectivity index is 2.30. The number of hydrogen-bond donors (Lipinski definition) is 1. The highest BCUT2D eigenvalue weighted by molar-refractivity contribution is 5.66. The van der Waals surface area contributed by atoms with Gasteiger partial charge in [0, 0.05) is 18.0 Å². The van der Waals surface area contributed by atoms with Crippen molar-refractivity contribution in [3.05, 3.63) is 47.5 Å². The molecule has 0 radical (unpaired) electrons. The third-order valence-corrected chi connectivity index (χ3v) is 3.25. The van der Waals surface area contributed by atoms with Crippen LogP contribution in [0.2, 0.25) is 0 Å². The minimum atomic E-state index is -1.44. The van der Waals surface area contributed by atoms with Gasteiger partial charge in [-0.25, -0.2) is 13.2 Å². The quantitative estimate of drug-likeness (QED) is 0.764. The van der Waals surface area contributed by atoms with E-state index in [4.69, 9.17) is 0 Å². The van der Waals surface area contributed by atoms with Crippen LogP contribution in [0, 0.1) is 17.5 Å². The molecule has 18 heavy (non-hydrogen) atoms. The first kappa shape index (κ1) is 11.2. The predicted molar refractivity (Wildman–Crippen MR) is 62.3 cm³/mol. The summed E-state index contributed by atoms with van der Waals surface area (Å²) >= 11 is 0. The number of anilines is 1. The third-order valence-electron chi connectivity index (χ3n) is 3.25. The van der Waals surface area contributed by atoms with Gasteiger partial charge in [0.25, 0.3) is 0 Å². The van der Waals surface area contributed by atoms with Crippen molar-refractivity contribution >= 4 is 5.69 Å². The van der Waals surface area contributed by atoms with Gasteiger partial charge in [-0.1, -0.05) is 6.92 Å². The molecule has 1 aromatic heterocycles. The zero-order valence-corrected chi connectivity index (χ0v) is 9.67. The monoisotopic (exact) mass is 252 g/mol. The van der Waals surface area contributed by atoms with Gasteiger partial charge in [-0.2, -0.15) is 0 Å². The number of nitrogens with zero attached hydrogens (tertiary/aromatic N) is 1. The Morgan fingerprint density at radius 1 is 1.28 bits per heavy atom. The van der Waals surface area contributed by atoms with Gasteiger partial charge < -0.3 is 9.88 Å². The van der Waals surface area contributed by atoms with E-state index in [0.29, 0.717) is 0 Å². The molecule has 1 aliphatic rings. The van der Waals surface area contributed by atoms with Crippen LogP contribution < -0.4 is 5.32 Å². The highest BCUT2D eigenvalue weighted by Crippen LogP contribution is 2.37. The first-order valence-corrected chi connectivity index (χ1v) is 5.75. The fourth-order valence-electron chi connectivity index (χ4n) is 2.39. The highest BCUT2D eigenvalue weighted by atomic mass is 19.2. The van der Waals surface area contributed by atoms with Crippen molar-refractivity contribution in [3.8, 4) is 5.69 Å². The van der Waals surface area contributed by atoms with Crippen molar-refractivity contribution in [1.29, 1.82) is 0 Å². The van der Waals surface area contributed by atoms with Crippen molar-refractivity contribution in [2.45, 2.75) is 19.4 Å². The maximum absolute atomic E-state index is 13.9. The zero-order chi connectivity index (χ0) is 12.9. The van der Waals surface area contributed by atoms with E-state index < -0.39 is 17.5 Å². The lowest BCUT2D eigenvalue weighted by Crippen LogP contribution is -2.22. The Kier molecular flexibility index (Phi) is 2.36. The summed E-state index contributed by atoms with van der Waals surface area (Å²) in [5.41, 5.74) is 1.16. The minimum absolute atomic E-state index is 0.0308. The van der Waals surface area contributed by atoms with E-state index in [0.717, 1.165) is 18.2 Å². The van der Waals surface area contributed by atoms with E-state index in [2.05, 4.69) is 5.32 Å². The van der Waals surface area contributed by atoms with Gasteiger partial charge in [0.15, 0.2) is 17.5 Å². The summed E-state index contributed by atoms with van der Waals surface area (Å²) in [5, 5.41) is 3.03. The number of rotatable bonds is 1. The second-order valence-electron chi connectivity index (χ2n) is 4.29. The smallest absolute Gasteiger partial charge is 0.196 e. The Hall–Kier alpha value is -1.91. The van der Waals surface area contributed by atoms with Crippen molar-refractivity contribution in [2.24, 2.45) is 0 Å². The number of halogens is 3. The van der Waals surface area contributed by atoms with E-state index in [-0.39, 0.29) is 17.4 Å². The number of hydrogen-bond acceptors (Lipinski definition) is 1. The Bertz CT molecular complexity index is 619. The average Bonchev–Trinajstić information content (AvgIpc) is 2.83. The van der Waals surface area contributed by atoms with E-state index in [1.807, 2.05) is 13.0 Å². The van der Waals surface area contributed by atoms with Crippen molar-refractivity contribution in [1.82, 2.24) is 4.57 Å². The van der Waals surface area contributed by atoms with Crippen molar-refractivity contribution < 1.29 is 13.2 Å². The SMILES string of the molecule is CCC1Nc2cc(F)c(F)c(F)c2-n2cccc21. The lowest BCUT2D eigenvalue weighted by molar-refractivity contribution is 0.443. The molecule has 0 saturated heterocycles. The molecular weight excluding hydrogens is 241 g/mol. The molecule has 0 fully saturated rings. The summed E-state index contributed by atoms with van der Waals surface area (Å²) in [5.74, 6) is -3.78. The van der Waals surface area contributed by atoms with Gasteiger partial charge >= 0.3 is 0 Å². The number of fused-ring (bicyclic) bond motifs is 3. The normalized spacial score (nSPS) is 17.0. The molecule has 5 heteroatoms. The van der Waals surface area contributed by atoms with Crippen molar-refractivity contribution in [3.63, 3.8) is 0 Å². The molecule has 1 aromatic carbocycles. The van der Waals surface area contributed by atoms with E-state index >= 15 is 0 Å². The molecule has 2 aromatic rings. The van der Waals surface area contributed by atoms with Crippen LogP contribution >= 0.6 is 0 Å². The first-order valence-electron chi connectivity index (χ1n) is 5.75. The molecule has 0 aliphatic carbocycles. The second-order valence-corrected chi connectivity index (χ2v) is 4.29. The van der Waals surface area contributed by atoms with E-state index in [9.17, 15) is 13.2 Å². The topological polar surface area (TPSA) is 17.0 Å². The molecule has 3 rings (SSSR count). The summed E-state index contributed by atoms with van der Waals surface area (Å²) < 4.78 is 42.0. The van der Waals surface area contributed by atoms with Crippen LogP contribution in [0.3, 0.4) is 0 Å². The molecule has 1 N–H and O–H groups in total. The molecule has 94 valence electrons. The Morgan fingerprint density at radius 2 is 2.06 bits per heavy atom. The van der Waals surface area contributed by atoms with Gasteiger partial charge in [0.2, 0.25) is 0 Å². The van der Waals surface area contributed by atoms with E-state index in [1.165, 1.54) is 0 Å². The largest absolute Gasteiger partial charge is 0.375 e. The maximum Gasteiger partial charge on any atom is 0.196 e. The molecule has 1 atom stereocenters. The van der Waals surface area contributed by atoms with Crippen LogP contribution in [0.15, 0.2) is 24.4 Å². The lowest BCUT2D eigenvalue weighted by atomic mass is 10.1. The molecule has 0 spiro atoms. The third kappa shape index (κ3) is 1.36. The summed E-state index contributed by atoms with van der Waals surface area (Å²) in [6.07, 6.45) is 2.42. The van der Waals surface area contributed by atoms with Crippen molar-refractivity contribution in [2.75, 3.05) is 5.32 Å². The summed E-state index contributed by atoms with van der Waals surface area (Å²) in [7, 11) is 0. The van der Waals surface area contributed by atoms with E-state index in [1.54, 1.807) is 16.8 Å². The Morgan fingerprint density at radius 3 is 2.78 bits per heavy atom. The van der Waals surface area contributed by atoms with Crippen LogP contribution in [0.1, 0.15) is 25.1 Å². The van der Waals surface area contributed by atoms with Crippen LogP contribution in [0.25, 0.3) is 5.69 Å². The number of benzene rings is 1. The average molecular weight is 252 g/mol. The molecule has 1 aliphatic heterocycles. The first-order chi connectivity index (χ1) is 8.63. The summed E-state index contributed by atoms with van der Waals surface area (Å²) in [6, 6.07) is 4.57. The van der Waals surface area contributed by atoms with Gasteiger partial charge in [0.1, 0.15) is 5.69 Å². The standard InChI is InChI=1S/C13H11F3N2/c1-2-8-10-4-3-5-18(10)13-9(17-8)6-7(14)11(15)12(13)16/h3-6,8,17H,2H2,1H3. The predicted octanol–water partition coefficient (Wildman–Crippen LogP) is 3.77. The fourth-order valence-corrected chi connectivity index (χ4v) is 2.39. The van der Waals surface area contributed by atoms with Gasteiger partial charge in [0.05, 0.1) is 11.7 Å². The molecule has 2 heterocycles. The van der Waals surface area contributed by atoms with Gasteiger partial charge in [-0.15, -0.1) is 0 Å². The second kappa shape index (κ2) is 3.80.